The molecule has 0 aliphatic carbocycles. The second-order valence-corrected chi connectivity index (χ2v) is 6.43. The summed E-state index contributed by atoms with van der Waals surface area (Å²) < 4.78 is 0. The van der Waals surface area contributed by atoms with Crippen LogP contribution in [0.5, 0.6) is 0 Å². The molecule has 0 heterocycles. The molecule has 2 rings (SSSR count). The number of hydrogen-bond acceptors (Lipinski definition) is 3. The standard InChI is InChI=1S/C21H27NO.H3N/c1-5-20(23)21(16-17(2)22(3)4,18-12-8-6-9-13-18)19-14-10-7-11-15-19;/h6-15,17H,5,16H2,1-4H3;1H3. The predicted molar refractivity (Wildman–Crippen MR) is 102 cm³/mol. The number of benzene rings is 2. The maximum Gasteiger partial charge on any atom is 0.147 e. The number of Topliss-reactive ketones (excluding diaryl/α,β-unsaturated/α-hetero) is 1. The van der Waals surface area contributed by atoms with E-state index in [4.69, 9.17) is 0 Å². The second-order valence-electron chi connectivity index (χ2n) is 6.43. The third kappa shape index (κ3) is 3.92. The molecule has 0 fully saturated rings. The van der Waals surface area contributed by atoms with Gasteiger partial charge in [0.1, 0.15) is 5.78 Å². The smallest absolute Gasteiger partial charge is 0.147 e. The van der Waals surface area contributed by atoms with Crippen molar-refractivity contribution in [1.29, 1.82) is 0 Å². The number of nitrogens with zero attached hydrogens (tertiary/aromatic N) is 1. The number of ketones is 1. The Morgan fingerprint density at radius 1 is 0.958 bits per heavy atom. The van der Waals surface area contributed by atoms with E-state index in [1.165, 1.54) is 0 Å². The number of carbonyl (C=O) groups is 1. The molecule has 2 aromatic rings. The molecule has 0 saturated heterocycles. The van der Waals surface area contributed by atoms with Crippen LogP contribution in [0.25, 0.3) is 0 Å². The molecule has 24 heavy (non-hydrogen) atoms. The van der Waals surface area contributed by atoms with Gasteiger partial charge in [-0.05, 0) is 38.6 Å². The fourth-order valence-electron chi connectivity index (χ4n) is 3.21. The van der Waals surface area contributed by atoms with Crippen molar-refractivity contribution >= 4 is 5.78 Å². The van der Waals surface area contributed by atoms with Gasteiger partial charge in [-0.1, -0.05) is 67.6 Å². The summed E-state index contributed by atoms with van der Waals surface area (Å²) in [7, 11) is 4.14. The lowest BCUT2D eigenvalue weighted by Gasteiger charge is -2.37. The highest BCUT2D eigenvalue weighted by atomic mass is 16.1. The maximum atomic E-state index is 13.2. The molecule has 3 heteroatoms. The molecule has 3 N–H and O–H groups in total. The molecule has 0 aliphatic rings. The van der Waals surface area contributed by atoms with Crippen molar-refractivity contribution < 1.29 is 4.79 Å². The quantitative estimate of drug-likeness (QED) is 0.817. The summed E-state index contributed by atoms with van der Waals surface area (Å²) in [6, 6.07) is 20.7. The van der Waals surface area contributed by atoms with Gasteiger partial charge in [0, 0.05) is 12.5 Å². The minimum atomic E-state index is -0.582. The normalized spacial score (nSPS) is 12.5. The van der Waals surface area contributed by atoms with Gasteiger partial charge in [0.05, 0.1) is 5.41 Å². The van der Waals surface area contributed by atoms with Crippen LogP contribution in [0.15, 0.2) is 60.7 Å². The van der Waals surface area contributed by atoms with E-state index in [9.17, 15) is 4.79 Å². The Morgan fingerprint density at radius 3 is 1.71 bits per heavy atom. The first-order valence-electron chi connectivity index (χ1n) is 8.33. The summed E-state index contributed by atoms with van der Waals surface area (Å²) in [5.41, 5.74) is 1.60. The Labute approximate surface area is 146 Å². The largest absolute Gasteiger partial charge is 0.344 e. The van der Waals surface area contributed by atoms with Crippen molar-refractivity contribution in [1.82, 2.24) is 11.1 Å². The summed E-state index contributed by atoms with van der Waals surface area (Å²) in [5.74, 6) is 0.281. The third-order valence-electron chi connectivity index (χ3n) is 4.81. The fourth-order valence-corrected chi connectivity index (χ4v) is 3.21. The molecule has 0 aliphatic heterocycles. The molecule has 0 radical (unpaired) electrons. The van der Waals surface area contributed by atoms with Crippen LogP contribution < -0.4 is 6.15 Å². The van der Waals surface area contributed by atoms with E-state index in [1.54, 1.807) is 0 Å². The van der Waals surface area contributed by atoms with Gasteiger partial charge in [-0.15, -0.1) is 0 Å². The second kappa shape index (κ2) is 8.76. The van der Waals surface area contributed by atoms with Crippen LogP contribution in [0.3, 0.4) is 0 Å². The molecule has 0 saturated carbocycles. The predicted octanol–water partition coefficient (Wildman–Crippen LogP) is 4.45. The van der Waals surface area contributed by atoms with Crippen molar-refractivity contribution in [2.45, 2.75) is 38.1 Å². The van der Waals surface area contributed by atoms with E-state index in [0.29, 0.717) is 12.5 Å². The molecule has 130 valence electrons. The first-order valence-corrected chi connectivity index (χ1v) is 8.33. The van der Waals surface area contributed by atoms with Crippen LogP contribution >= 0.6 is 0 Å². The van der Waals surface area contributed by atoms with Crippen LogP contribution in [-0.2, 0) is 10.2 Å². The highest BCUT2D eigenvalue weighted by Gasteiger charge is 2.41. The SMILES string of the molecule is CCC(=O)C(CC(C)N(C)C)(c1ccccc1)c1ccccc1.N. The molecule has 1 atom stereocenters. The maximum absolute atomic E-state index is 13.2. The molecule has 0 amide bonds. The summed E-state index contributed by atoms with van der Waals surface area (Å²) in [6.45, 7) is 4.15. The Bertz CT molecular complexity index is 583. The zero-order valence-corrected chi connectivity index (χ0v) is 15.3. The van der Waals surface area contributed by atoms with Crippen molar-refractivity contribution in [2.75, 3.05) is 14.1 Å². The summed E-state index contributed by atoms with van der Waals surface area (Å²) >= 11 is 0. The molecule has 1 unspecified atom stereocenters. The van der Waals surface area contributed by atoms with E-state index in [0.717, 1.165) is 17.5 Å². The Kier molecular flexibility index (Phi) is 7.33. The fraction of sp³-hybridized carbons (Fsp3) is 0.381. The first-order chi connectivity index (χ1) is 11.0. The molecular weight excluding hydrogens is 296 g/mol. The van der Waals surface area contributed by atoms with Crippen LogP contribution in [0.1, 0.15) is 37.8 Å². The third-order valence-corrected chi connectivity index (χ3v) is 4.81. The lowest BCUT2D eigenvalue weighted by atomic mass is 9.67. The van der Waals surface area contributed by atoms with Crippen molar-refractivity contribution in [3.8, 4) is 0 Å². The number of hydrogen-bond donors (Lipinski definition) is 1. The lowest BCUT2D eigenvalue weighted by Crippen LogP contribution is -2.42. The van der Waals surface area contributed by atoms with Crippen LogP contribution in [-0.4, -0.2) is 30.8 Å². The zero-order valence-electron chi connectivity index (χ0n) is 15.3. The van der Waals surface area contributed by atoms with Crippen LogP contribution in [0, 0.1) is 0 Å². The van der Waals surface area contributed by atoms with Gasteiger partial charge in [-0.2, -0.15) is 0 Å². The minimum absolute atomic E-state index is 0. The molecule has 0 aromatic heterocycles. The molecular formula is C21H30N2O. The lowest BCUT2D eigenvalue weighted by molar-refractivity contribution is -0.123. The minimum Gasteiger partial charge on any atom is -0.344 e. The highest BCUT2D eigenvalue weighted by molar-refractivity contribution is 5.93. The average molecular weight is 326 g/mol. The van der Waals surface area contributed by atoms with E-state index >= 15 is 0 Å². The van der Waals surface area contributed by atoms with Crippen LogP contribution in [0.2, 0.25) is 0 Å². The average Bonchev–Trinajstić information content (AvgIpc) is 2.60. The summed E-state index contributed by atoms with van der Waals surface area (Å²) in [5, 5.41) is 0. The molecule has 0 bridgehead atoms. The van der Waals surface area contributed by atoms with Crippen molar-refractivity contribution in [3.05, 3.63) is 71.8 Å². The first kappa shape index (κ1) is 20.1. The summed E-state index contributed by atoms with van der Waals surface area (Å²) in [4.78, 5) is 15.4. The zero-order chi connectivity index (χ0) is 16.9. The van der Waals surface area contributed by atoms with E-state index in [-0.39, 0.29) is 11.9 Å². The van der Waals surface area contributed by atoms with Gasteiger partial charge in [-0.25, -0.2) is 0 Å². The van der Waals surface area contributed by atoms with E-state index in [1.807, 2.05) is 43.3 Å². The number of rotatable bonds is 7. The molecule has 3 nitrogen and oxygen atoms in total. The van der Waals surface area contributed by atoms with Gasteiger partial charge < -0.3 is 11.1 Å². The van der Waals surface area contributed by atoms with Gasteiger partial charge in [0.25, 0.3) is 0 Å². The van der Waals surface area contributed by atoms with E-state index in [2.05, 4.69) is 50.2 Å². The molecule has 2 aromatic carbocycles. The van der Waals surface area contributed by atoms with Crippen molar-refractivity contribution in [2.24, 2.45) is 0 Å². The Hall–Kier alpha value is -1.97. The topological polar surface area (TPSA) is 55.3 Å². The van der Waals surface area contributed by atoms with Gasteiger partial charge in [0.15, 0.2) is 0 Å². The monoisotopic (exact) mass is 326 g/mol. The van der Waals surface area contributed by atoms with Crippen LogP contribution in [0.4, 0.5) is 0 Å². The van der Waals surface area contributed by atoms with Crippen molar-refractivity contribution in [3.63, 3.8) is 0 Å². The van der Waals surface area contributed by atoms with Gasteiger partial charge in [0.2, 0.25) is 0 Å². The number of carbonyl (C=O) groups excluding carboxylic acids is 1. The van der Waals surface area contributed by atoms with E-state index < -0.39 is 5.41 Å². The van der Waals surface area contributed by atoms with Gasteiger partial charge >= 0.3 is 0 Å². The Balaban J connectivity index is 0.00000288. The Morgan fingerprint density at radius 2 is 1.38 bits per heavy atom. The molecule has 0 spiro atoms. The van der Waals surface area contributed by atoms with Gasteiger partial charge in [-0.3, -0.25) is 4.79 Å². The highest BCUT2D eigenvalue weighted by Crippen LogP contribution is 2.39. The summed E-state index contributed by atoms with van der Waals surface area (Å²) in [6.07, 6.45) is 1.31.